The minimum absolute atomic E-state index is 1.05. The Morgan fingerprint density at radius 1 is 0.947 bits per heavy atom. The summed E-state index contributed by atoms with van der Waals surface area (Å²) >= 11 is 3.54. The first-order valence-electron chi connectivity index (χ1n) is 7.26. The molecule has 19 heavy (non-hydrogen) atoms. The molecule has 0 aliphatic rings. The average molecular weight is 324 g/mol. The summed E-state index contributed by atoms with van der Waals surface area (Å²) in [5, 5.41) is 1.05. The van der Waals surface area contributed by atoms with Crippen LogP contribution < -0.4 is 0 Å². The molecule has 0 fully saturated rings. The second-order valence-corrected chi connectivity index (χ2v) is 5.63. The van der Waals surface area contributed by atoms with Crippen LogP contribution >= 0.6 is 15.9 Å². The molecule has 0 bridgehead atoms. The molecule has 1 heterocycles. The predicted octanol–water partition coefficient (Wildman–Crippen LogP) is 5.74. The molecular formula is C17H26BrN. The van der Waals surface area contributed by atoms with E-state index in [1.165, 1.54) is 22.5 Å². The lowest BCUT2D eigenvalue weighted by Crippen LogP contribution is -2.03. The van der Waals surface area contributed by atoms with Gasteiger partial charge in [-0.1, -0.05) is 41.9 Å². The zero-order valence-corrected chi connectivity index (χ0v) is 14.3. The lowest BCUT2D eigenvalue weighted by atomic mass is 10.1. The number of aromatic nitrogens is 1. The van der Waals surface area contributed by atoms with Gasteiger partial charge in [0, 0.05) is 23.3 Å². The van der Waals surface area contributed by atoms with Gasteiger partial charge in [-0.3, -0.25) is 0 Å². The van der Waals surface area contributed by atoms with Gasteiger partial charge in [0.05, 0.1) is 0 Å². The van der Waals surface area contributed by atoms with E-state index in [0.29, 0.717) is 0 Å². The summed E-state index contributed by atoms with van der Waals surface area (Å²) < 4.78 is 2.46. The third kappa shape index (κ3) is 4.10. The molecule has 0 amide bonds. The van der Waals surface area contributed by atoms with Crippen LogP contribution in [0.2, 0.25) is 0 Å². The van der Waals surface area contributed by atoms with Crippen LogP contribution in [0.4, 0.5) is 0 Å². The van der Waals surface area contributed by atoms with Crippen LogP contribution in [0, 0.1) is 13.8 Å². The van der Waals surface area contributed by atoms with Crippen LogP contribution in [0.25, 0.3) is 12.2 Å². The zero-order valence-electron chi connectivity index (χ0n) is 12.7. The Balaban J connectivity index is 3.27. The van der Waals surface area contributed by atoms with E-state index in [2.05, 4.69) is 72.5 Å². The smallest absolute Gasteiger partial charge is 0.0440 e. The standard InChI is InChI=1S/C17H26BrN/c1-5-7-10-16-14(3)15(4)17(11-8-6-2)19(16)13-9-12-18/h7-8,10-11H,5-6,9,12-13H2,1-4H3/b10-7-,11-8-. The van der Waals surface area contributed by atoms with Crippen molar-refractivity contribution in [2.45, 2.75) is 53.5 Å². The Morgan fingerprint density at radius 3 is 1.79 bits per heavy atom. The summed E-state index contributed by atoms with van der Waals surface area (Å²) in [6.45, 7) is 9.91. The van der Waals surface area contributed by atoms with E-state index < -0.39 is 0 Å². The summed E-state index contributed by atoms with van der Waals surface area (Å²) in [4.78, 5) is 0. The van der Waals surface area contributed by atoms with E-state index >= 15 is 0 Å². The van der Waals surface area contributed by atoms with Gasteiger partial charge in [0.15, 0.2) is 0 Å². The maximum atomic E-state index is 3.54. The Bertz CT molecular complexity index is 415. The summed E-state index contributed by atoms with van der Waals surface area (Å²) in [7, 11) is 0. The van der Waals surface area contributed by atoms with E-state index in [1.54, 1.807) is 0 Å². The normalized spacial score (nSPS) is 12.1. The molecule has 0 aliphatic heterocycles. The van der Waals surface area contributed by atoms with Crippen LogP contribution in [0.15, 0.2) is 12.2 Å². The number of rotatable bonds is 7. The number of nitrogens with zero attached hydrogens (tertiary/aromatic N) is 1. The molecular weight excluding hydrogens is 298 g/mol. The molecule has 0 atom stereocenters. The number of hydrogen-bond donors (Lipinski definition) is 0. The average Bonchev–Trinajstić information content (AvgIpc) is 2.64. The van der Waals surface area contributed by atoms with Crippen molar-refractivity contribution in [3.8, 4) is 0 Å². The zero-order chi connectivity index (χ0) is 14.3. The Morgan fingerprint density at radius 2 is 1.42 bits per heavy atom. The number of alkyl halides is 1. The minimum Gasteiger partial charge on any atom is -0.341 e. The van der Waals surface area contributed by atoms with Crippen molar-refractivity contribution in [1.29, 1.82) is 0 Å². The van der Waals surface area contributed by atoms with Crippen LogP contribution in [0.3, 0.4) is 0 Å². The van der Waals surface area contributed by atoms with Gasteiger partial charge in [-0.2, -0.15) is 0 Å². The molecule has 0 saturated heterocycles. The van der Waals surface area contributed by atoms with E-state index in [4.69, 9.17) is 0 Å². The quantitative estimate of drug-likeness (QED) is 0.564. The van der Waals surface area contributed by atoms with Crippen molar-refractivity contribution in [1.82, 2.24) is 4.57 Å². The molecule has 2 heteroatoms. The van der Waals surface area contributed by atoms with Crippen molar-refractivity contribution in [3.63, 3.8) is 0 Å². The largest absolute Gasteiger partial charge is 0.341 e. The van der Waals surface area contributed by atoms with Gasteiger partial charge in [-0.15, -0.1) is 0 Å². The predicted molar refractivity (Wildman–Crippen MR) is 91.0 cm³/mol. The van der Waals surface area contributed by atoms with E-state index in [0.717, 1.165) is 31.1 Å². The van der Waals surface area contributed by atoms with Crippen LogP contribution in [-0.4, -0.2) is 9.90 Å². The van der Waals surface area contributed by atoms with Crippen molar-refractivity contribution in [2.24, 2.45) is 0 Å². The lowest BCUT2D eigenvalue weighted by molar-refractivity contribution is 0.677. The molecule has 1 aromatic heterocycles. The lowest BCUT2D eigenvalue weighted by Gasteiger charge is -2.09. The molecule has 1 nitrogen and oxygen atoms in total. The number of halogens is 1. The molecule has 0 spiro atoms. The third-order valence-corrected chi connectivity index (χ3v) is 4.01. The van der Waals surface area contributed by atoms with Crippen LogP contribution in [0.1, 0.15) is 55.6 Å². The fourth-order valence-electron chi connectivity index (χ4n) is 2.27. The van der Waals surface area contributed by atoms with E-state index in [9.17, 15) is 0 Å². The monoisotopic (exact) mass is 323 g/mol. The second kappa shape index (κ2) is 8.42. The van der Waals surface area contributed by atoms with Crippen LogP contribution in [-0.2, 0) is 6.54 Å². The second-order valence-electron chi connectivity index (χ2n) is 4.84. The number of hydrogen-bond acceptors (Lipinski definition) is 0. The first-order valence-corrected chi connectivity index (χ1v) is 8.38. The van der Waals surface area contributed by atoms with Gasteiger partial charge in [0.25, 0.3) is 0 Å². The molecule has 0 N–H and O–H groups in total. The van der Waals surface area contributed by atoms with Gasteiger partial charge < -0.3 is 4.57 Å². The van der Waals surface area contributed by atoms with Crippen molar-refractivity contribution < 1.29 is 0 Å². The van der Waals surface area contributed by atoms with Gasteiger partial charge in [0.1, 0.15) is 0 Å². The Hall–Kier alpha value is -0.760. The molecule has 0 unspecified atom stereocenters. The highest BCUT2D eigenvalue weighted by Gasteiger charge is 2.13. The molecule has 0 saturated carbocycles. The minimum atomic E-state index is 1.05. The summed E-state index contributed by atoms with van der Waals surface area (Å²) in [5.41, 5.74) is 5.57. The fourth-order valence-corrected chi connectivity index (χ4v) is 2.52. The molecule has 0 radical (unpaired) electrons. The SMILES string of the molecule is CC/C=C\c1c(C)c(C)c(/C=C\CC)n1CCCBr. The Kier molecular flexibility index (Phi) is 7.22. The molecule has 0 aromatic carbocycles. The molecule has 1 aromatic rings. The van der Waals surface area contributed by atoms with Crippen molar-refractivity contribution in [2.75, 3.05) is 5.33 Å². The highest BCUT2D eigenvalue weighted by atomic mass is 79.9. The maximum Gasteiger partial charge on any atom is 0.0440 e. The molecule has 106 valence electrons. The van der Waals surface area contributed by atoms with Crippen molar-refractivity contribution >= 4 is 28.1 Å². The third-order valence-electron chi connectivity index (χ3n) is 3.45. The van der Waals surface area contributed by atoms with Gasteiger partial charge in [0.2, 0.25) is 0 Å². The van der Waals surface area contributed by atoms with Crippen molar-refractivity contribution in [3.05, 3.63) is 34.7 Å². The maximum absolute atomic E-state index is 3.54. The first kappa shape index (κ1) is 16.3. The molecule has 1 rings (SSSR count). The topological polar surface area (TPSA) is 4.93 Å². The molecule has 0 aliphatic carbocycles. The van der Waals surface area contributed by atoms with Gasteiger partial charge >= 0.3 is 0 Å². The van der Waals surface area contributed by atoms with Gasteiger partial charge in [-0.05, 0) is 56.4 Å². The van der Waals surface area contributed by atoms with E-state index in [1.807, 2.05) is 0 Å². The van der Waals surface area contributed by atoms with E-state index in [-0.39, 0.29) is 0 Å². The van der Waals surface area contributed by atoms with Crippen LogP contribution in [0.5, 0.6) is 0 Å². The fraction of sp³-hybridized carbons (Fsp3) is 0.529. The van der Waals surface area contributed by atoms with Gasteiger partial charge in [-0.25, -0.2) is 0 Å². The Labute approximate surface area is 126 Å². The highest BCUT2D eigenvalue weighted by Crippen LogP contribution is 2.25. The summed E-state index contributed by atoms with van der Waals surface area (Å²) in [6.07, 6.45) is 12.4. The highest BCUT2D eigenvalue weighted by molar-refractivity contribution is 9.09. The summed E-state index contributed by atoms with van der Waals surface area (Å²) in [5.74, 6) is 0. The summed E-state index contributed by atoms with van der Waals surface area (Å²) in [6, 6.07) is 0. The first-order chi connectivity index (χ1) is 9.17. The number of allylic oxidation sites excluding steroid dienone is 2.